The van der Waals surface area contributed by atoms with Crippen molar-refractivity contribution in [1.29, 1.82) is 0 Å². The normalized spacial score (nSPS) is 11.9. The smallest absolute Gasteiger partial charge is 0.238 e. The van der Waals surface area contributed by atoms with E-state index in [9.17, 15) is 4.39 Å². The first-order valence-electron chi connectivity index (χ1n) is 9.87. The number of nitrogens with zero attached hydrogens (tertiary/aromatic N) is 5. The highest BCUT2D eigenvalue weighted by atomic mass is 19.1. The number of rotatable bonds is 6. The molecular formula is C23H23FN6O. The van der Waals surface area contributed by atoms with E-state index in [2.05, 4.69) is 25.5 Å². The van der Waals surface area contributed by atoms with Crippen molar-refractivity contribution in [2.45, 2.75) is 26.8 Å². The maximum atomic E-state index is 13.2. The van der Waals surface area contributed by atoms with Crippen LogP contribution in [0.3, 0.4) is 0 Å². The Labute approximate surface area is 180 Å². The van der Waals surface area contributed by atoms with Gasteiger partial charge in [-0.15, -0.1) is 10.2 Å². The van der Waals surface area contributed by atoms with Gasteiger partial charge in [0.2, 0.25) is 5.88 Å². The second kappa shape index (κ2) is 8.51. The lowest BCUT2D eigenvalue weighted by atomic mass is 10.1. The molecule has 1 aromatic carbocycles. The Morgan fingerprint density at radius 2 is 1.84 bits per heavy atom. The number of anilines is 1. The number of pyridine rings is 1. The molecule has 0 saturated heterocycles. The molecule has 1 N–H and O–H groups in total. The monoisotopic (exact) mass is 418 g/mol. The summed E-state index contributed by atoms with van der Waals surface area (Å²) in [6.07, 6.45) is 3.63. The lowest BCUT2D eigenvalue weighted by Crippen LogP contribution is -2.09. The molecule has 3 heterocycles. The Bertz CT molecular complexity index is 1210. The molecule has 4 aromatic rings. The summed E-state index contributed by atoms with van der Waals surface area (Å²) in [4.78, 5) is 8.88. The minimum Gasteiger partial charge on any atom is -0.479 e. The van der Waals surface area contributed by atoms with Gasteiger partial charge in [0.25, 0.3) is 0 Å². The number of imidazole rings is 1. The van der Waals surface area contributed by atoms with Crippen molar-refractivity contribution in [3.8, 4) is 23.0 Å². The topological polar surface area (TPSA) is 77.8 Å². The fourth-order valence-electron chi connectivity index (χ4n) is 3.33. The summed E-state index contributed by atoms with van der Waals surface area (Å²) in [5.41, 5.74) is 4.92. The molecule has 0 aliphatic heterocycles. The molecule has 7 nitrogen and oxygen atoms in total. The molecule has 0 saturated carbocycles. The zero-order valence-electron chi connectivity index (χ0n) is 17.8. The van der Waals surface area contributed by atoms with E-state index in [0.29, 0.717) is 23.1 Å². The summed E-state index contributed by atoms with van der Waals surface area (Å²) < 4.78 is 20.5. The highest BCUT2D eigenvalue weighted by molar-refractivity contribution is 5.63. The molecule has 3 aromatic heterocycles. The number of methoxy groups -OCH3 is 1. The van der Waals surface area contributed by atoms with E-state index in [-0.39, 0.29) is 11.9 Å². The highest BCUT2D eigenvalue weighted by Gasteiger charge is 2.14. The van der Waals surface area contributed by atoms with Crippen molar-refractivity contribution < 1.29 is 9.13 Å². The molecule has 0 unspecified atom stereocenters. The van der Waals surface area contributed by atoms with E-state index in [1.807, 2.05) is 49.7 Å². The van der Waals surface area contributed by atoms with Crippen molar-refractivity contribution in [1.82, 2.24) is 24.7 Å². The molecule has 0 aliphatic rings. The Morgan fingerprint density at radius 1 is 1.06 bits per heavy atom. The predicted molar refractivity (Wildman–Crippen MR) is 117 cm³/mol. The van der Waals surface area contributed by atoms with Crippen LogP contribution in [0.2, 0.25) is 0 Å². The Kier molecular flexibility index (Phi) is 5.62. The third kappa shape index (κ3) is 4.37. The largest absolute Gasteiger partial charge is 0.479 e. The number of aryl methyl sites for hydroxylation is 2. The maximum Gasteiger partial charge on any atom is 0.238 e. The van der Waals surface area contributed by atoms with Crippen LogP contribution in [0.4, 0.5) is 10.2 Å². The van der Waals surface area contributed by atoms with Crippen LogP contribution in [0.25, 0.3) is 17.1 Å². The Morgan fingerprint density at radius 3 is 2.48 bits per heavy atom. The highest BCUT2D eigenvalue weighted by Crippen LogP contribution is 2.28. The van der Waals surface area contributed by atoms with E-state index in [1.54, 1.807) is 25.6 Å². The summed E-state index contributed by atoms with van der Waals surface area (Å²) in [5, 5.41) is 12.0. The molecule has 31 heavy (non-hydrogen) atoms. The third-order valence-electron chi connectivity index (χ3n) is 4.98. The molecule has 1 atom stereocenters. The van der Waals surface area contributed by atoms with Gasteiger partial charge in [-0.3, -0.25) is 0 Å². The average Bonchev–Trinajstić information content (AvgIpc) is 3.20. The fourth-order valence-corrected chi connectivity index (χ4v) is 3.33. The number of ether oxygens (including phenoxy) is 1. The number of benzene rings is 1. The third-order valence-corrected chi connectivity index (χ3v) is 4.98. The van der Waals surface area contributed by atoms with Crippen molar-refractivity contribution in [3.05, 3.63) is 77.6 Å². The minimum absolute atomic E-state index is 0.0451. The zero-order valence-corrected chi connectivity index (χ0v) is 17.8. The molecule has 4 rings (SSSR count). The summed E-state index contributed by atoms with van der Waals surface area (Å²) >= 11 is 0. The van der Waals surface area contributed by atoms with E-state index >= 15 is 0 Å². The predicted octanol–water partition coefficient (Wildman–Crippen LogP) is 4.66. The van der Waals surface area contributed by atoms with Crippen LogP contribution in [-0.2, 0) is 0 Å². The summed E-state index contributed by atoms with van der Waals surface area (Å²) in [7, 11) is 1.59. The van der Waals surface area contributed by atoms with Gasteiger partial charge in [-0.05, 0) is 62.2 Å². The summed E-state index contributed by atoms with van der Waals surface area (Å²) in [6, 6.07) is 12.1. The second-order valence-electron chi connectivity index (χ2n) is 7.33. The molecule has 0 amide bonds. The van der Waals surface area contributed by atoms with Crippen LogP contribution in [-0.4, -0.2) is 31.8 Å². The zero-order chi connectivity index (χ0) is 22.0. The lowest BCUT2D eigenvalue weighted by Gasteiger charge is -2.16. The van der Waals surface area contributed by atoms with Crippen molar-refractivity contribution in [2.75, 3.05) is 12.4 Å². The van der Waals surface area contributed by atoms with Crippen molar-refractivity contribution in [2.24, 2.45) is 0 Å². The summed E-state index contributed by atoms with van der Waals surface area (Å²) in [5.74, 6) is 0.854. The quantitative estimate of drug-likeness (QED) is 0.491. The molecule has 8 heteroatoms. The molecule has 0 radical (unpaired) electrons. The van der Waals surface area contributed by atoms with Gasteiger partial charge < -0.3 is 14.6 Å². The van der Waals surface area contributed by atoms with Crippen molar-refractivity contribution in [3.63, 3.8) is 0 Å². The molecular weight excluding hydrogens is 395 g/mol. The maximum absolute atomic E-state index is 13.2. The first-order chi connectivity index (χ1) is 14.9. The number of hydrogen-bond donors (Lipinski definition) is 1. The van der Waals surface area contributed by atoms with Gasteiger partial charge in [0.15, 0.2) is 0 Å². The van der Waals surface area contributed by atoms with Crippen LogP contribution < -0.4 is 10.1 Å². The number of hydrogen-bond acceptors (Lipinski definition) is 6. The van der Waals surface area contributed by atoms with E-state index < -0.39 is 0 Å². The minimum atomic E-state index is -0.256. The van der Waals surface area contributed by atoms with Gasteiger partial charge in [-0.25, -0.2) is 14.4 Å². The van der Waals surface area contributed by atoms with E-state index in [0.717, 1.165) is 22.5 Å². The molecule has 0 fully saturated rings. The van der Waals surface area contributed by atoms with Crippen LogP contribution in [0.1, 0.15) is 29.8 Å². The number of halogens is 1. The Hall–Kier alpha value is -3.81. The van der Waals surface area contributed by atoms with Crippen LogP contribution in [0, 0.1) is 19.7 Å². The van der Waals surface area contributed by atoms with Gasteiger partial charge in [0, 0.05) is 6.20 Å². The van der Waals surface area contributed by atoms with Gasteiger partial charge >= 0.3 is 0 Å². The first kappa shape index (κ1) is 20.5. The van der Waals surface area contributed by atoms with Gasteiger partial charge in [0.1, 0.15) is 23.0 Å². The van der Waals surface area contributed by atoms with Gasteiger partial charge in [-0.2, -0.15) is 0 Å². The number of aromatic nitrogens is 5. The van der Waals surface area contributed by atoms with Crippen LogP contribution in [0.15, 0.2) is 55.0 Å². The van der Waals surface area contributed by atoms with Crippen LogP contribution >= 0.6 is 0 Å². The molecule has 0 aliphatic carbocycles. The standard InChI is InChI=1S/C23H23FN6O/c1-14-11-21(26-16(3)17-5-7-18(24)8-6-17)28-29-22(14)19-9-10-20(23(27-19)31-4)30-12-15(2)25-13-30/h5-13,16H,1-4H3,(H,26,28)/t16-/m0/s1. The number of nitrogens with one attached hydrogen (secondary N) is 1. The van der Waals surface area contributed by atoms with Gasteiger partial charge in [0.05, 0.1) is 30.9 Å². The van der Waals surface area contributed by atoms with E-state index in [4.69, 9.17) is 4.74 Å². The first-order valence-corrected chi connectivity index (χ1v) is 9.87. The second-order valence-corrected chi connectivity index (χ2v) is 7.33. The molecule has 0 spiro atoms. The average molecular weight is 418 g/mol. The lowest BCUT2D eigenvalue weighted by molar-refractivity contribution is 0.396. The molecule has 158 valence electrons. The summed E-state index contributed by atoms with van der Waals surface area (Å²) in [6.45, 7) is 5.87. The van der Waals surface area contributed by atoms with Gasteiger partial charge in [-0.1, -0.05) is 12.1 Å². The molecule has 0 bridgehead atoms. The fraction of sp³-hybridized carbons (Fsp3) is 0.217. The Balaban J connectivity index is 1.58. The van der Waals surface area contributed by atoms with Crippen LogP contribution in [0.5, 0.6) is 5.88 Å². The van der Waals surface area contributed by atoms with Crippen molar-refractivity contribution >= 4 is 5.82 Å². The van der Waals surface area contributed by atoms with E-state index in [1.165, 1.54) is 12.1 Å². The SMILES string of the molecule is COc1nc(-c2nnc(N[C@@H](C)c3ccc(F)cc3)cc2C)ccc1-n1cnc(C)c1.